The van der Waals surface area contributed by atoms with Crippen molar-refractivity contribution in [2.75, 3.05) is 6.61 Å². The molecule has 1 atom stereocenters. The van der Waals surface area contributed by atoms with E-state index in [2.05, 4.69) is 15.1 Å². The van der Waals surface area contributed by atoms with Crippen molar-refractivity contribution in [1.29, 1.82) is 0 Å². The second kappa shape index (κ2) is 5.57. The molecule has 0 aliphatic rings. The van der Waals surface area contributed by atoms with Crippen molar-refractivity contribution in [1.82, 2.24) is 19.7 Å². The molecule has 0 aliphatic carbocycles. The molecular formula is C12H14N4O3. The van der Waals surface area contributed by atoms with Gasteiger partial charge in [0.25, 0.3) is 0 Å². The van der Waals surface area contributed by atoms with Crippen LogP contribution in [0.3, 0.4) is 0 Å². The van der Waals surface area contributed by atoms with Gasteiger partial charge in [-0.25, -0.2) is 14.5 Å². The summed E-state index contributed by atoms with van der Waals surface area (Å²) in [5.74, 6) is -0.0655. The first-order valence-electron chi connectivity index (χ1n) is 5.84. The lowest BCUT2D eigenvalue weighted by Crippen LogP contribution is -2.08. The van der Waals surface area contributed by atoms with Crippen molar-refractivity contribution in [3.63, 3.8) is 0 Å². The summed E-state index contributed by atoms with van der Waals surface area (Å²) in [4.78, 5) is 19.7. The van der Waals surface area contributed by atoms with Crippen LogP contribution in [0, 0.1) is 0 Å². The molecule has 1 N–H and O–H groups in total. The maximum absolute atomic E-state index is 11.5. The number of rotatable bonds is 4. The number of carbonyl (C=O) groups excluding carboxylic acids is 1. The van der Waals surface area contributed by atoms with Crippen LogP contribution >= 0.6 is 0 Å². The minimum Gasteiger partial charge on any atom is -0.462 e. The van der Waals surface area contributed by atoms with Crippen LogP contribution in [-0.4, -0.2) is 37.4 Å². The van der Waals surface area contributed by atoms with E-state index in [1.807, 2.05) is 0 Å². The summed E-state index contributed by atoms with van der Waals surface area (Å²) >= 11 is 0. The van der Waals surface area contributed by atoms with Crippen LogP contribution in [0.5, 0.6) is 0 Å². The molecule has 0 spiro atoms. The molecule has 0 unspecified atom stereocenters. The zero-order chi connectivity index (χ0) is 13.8. The summed E-state index contributed by atoms with van der Waals surface area (Å²) in [5, 5.41) is 13.7. The molecule has 100 valence electrons. The van der Waals surface area contributed by atoms with Gasteiger partial charge in [-0.15, -0.1) is 0 Å². The van der Waals surface area contributed by atoms with Crippen LogP contribution in [0.4, 0.5) is 0 Å². The van der Waals surface area contributed by atoms with Crippen LogP contribution in [0.25, 0.3) is 5.82 Å². The van der Waals surface area contributed by atoms with Gasteiger partial charge in [0.05, 0.1) is 24.5 Å². The predicted molar refractivity (Wildman–Crippen MR) is 65.7 cm³/mol. The molecule has 0 saturated carbocycles. The Kier molecular flexibility index (Phi) is 3.86. The lowest BCUT2D eigenvalue weighted by molar-refractivity contribution is 0.0526. The monoisotopic (exact) mass is 262 g/mol. The number of hydrogen-bond acceptors (Lipinski definition) is 6. The van der Waals surface area contributed by atoms with E-state index >= 15 is 0 Å². The van der Waals surface area contributed by atoms with Gasteiger partial charge in [0.1, 0.15) is 5.69 Å². The number of aliphatic hydroxyl groups excluding tert-OH is 1. The third-order valence-corrected chi connectivity index (χ3v) is 2.41. The normalized spacial score (nSPS) is 12.2. The second-order valence-electron chi connectivity index (χ2n) is 3.84. The molecular weight excluding hydrogens is 248 g/mol. The molecule has 0 amide bonds. The van der Waals surface area contributed by atoms with Gasteiger partial charge >= 0.3 is 5.97 Å². The minimum absolute atomic E-state index is 0.300. The van der Waals surface area contributed by atoms with E-state index in [0.717, 1.165) is 0 Å². The number of carbonyl (C=O) groups is 1. The average Bonchev–Trinajstić information content (AvgIpc) is 2.88. The molecule has 2 rings (SSSR count). The molecule has 0 bridgehead atoms. The van der Waals surface area contributed by atoms with Crippen molar-refractivity contribution in [2.24, 2.45) is 0 Å². The Balaban J connectivity index is 2.36. The SMILES string of the molecule is CCOC(=O)c1cnn(-c2nccnc2[C@@H](C)O)c1. The fraction of sp³-hybridized carbons (Fsp3) is 0.333. The molecule has 7 nitrogen and oxygen atoms in total. The van der Waals surface area contributed by atoms with Crippen LogP contribution in [0.1, 0.15) is 36.0 Å². The number of hydrogen-bond donors (Lipinski definition) is 1. The van der Waals surface area contributed by atoms with Crippen molar-refractivity contribution >= 4 is 5.97 Å². The first-order chi connectivity index (χ1) is 9.13. The molecule has 0 fully saturated rings. The first-order valence-corrected chi connectivity index (χ1v) is 5.84. The first kappa shape index (κ1) is 13.2. The smallest absolute Gasteiger partial charge is 0.341 e. The van der Waals surface area contributed by atoms with Gasteiger partial charge in [-0.2, -0.15) is 5.10 Å². The van der Waals surface area contributed by atoms with Gasteiger partial charge in [-0.1, -0.05) is 0 Å². The van der Waals surface area contributed by atoms with Gasteiger partial charge in [0, 0.05) is 18.6 Å². The van der Waals surface area contributed by atoms with Crippen molar-refractivity contribution in [3.05, 3.63) is 36.0 Å². The van der Waals surface area contributed by atoms with E-state index < -0.39 is 12.1 Å². The van der Waals surface area contributed by atoms with Crippen molar-refractivity contribution in [2.45, 2.75) is 20.0 Å². The molecule has 0 aliphatic heterocycles. The van der Waals surface area contributed by atoms with Gasteiger partial charge in [0.2, 0.25) is 0 Å². The molecule has 19 heavy (non-hydrogen) atoms. The van der Waals surface area contributed by atoms with E-state index in [1.54, 1.807) is 13.8 Å². The Morgan fingerprint density at radius 1 is 1.47 bits per heavy atom. The molecule has 0 aromatic carbocycles. The number of aromatic nitrogens is 4. The molecule has 2 aromatic heterocycles. The van der Waals surface area contributed by atoms with Crippen LogP contribution < -0.4 is 0 Å². The summed E-state index contributed by atoms with van der Waals surface area (Å²) in [6.07, 6.45) is 5.08. The number of ether oxygens (including phenoxy) is 1. The average molecular weight is 262 g/mol. The fourth-order valence-electron chi connectivity index (χ4n) is 1.57. The molecule has 0 saturated heterocycles. The number of nitrogens with zero attached hydrogens (tertiary/aromatic N) is 4. The largest absolute Gasteiger partial charge is 0.462 e. The lowest BCUT2D eigenvalue weighted by Gasteiger charge is -2.08. The minimum atomic E-state index is -0.779. The second-order valence-corrected chi connectivity index (χ2v) is 3.84. The third-order valence-electron chi connectivity index (χ3n) is 2.41. The maximum Gasteiger partial charge on any atom is 0.341 e. The van der Waals surface area contributed by atoms with E-state index in [9.17, 15) is 9.90 Å². The number of aliphatic hydroxyl groups is 1. The Labute approximate surface area is 109 Å². The highest BCUT2D eigenvalue weighted by atomic mass is 16.5. The molecule has 2 aromatic rings. The van der Waals surface area contributed by atoms with Gasteiger partial charge < -0.3 is 9.84 Å². The molecule has 7 heteroatoms. The standard InChI is InChI=1S/C12H14N4O3/c1-3-19-12(18)9-6-15-16(7-9)11-10(8(2)17)13-4-5-14-11/h4-8,17H,3H2,1-2H3/t8-/m1/s1. The predicted octanol–water partition coefficient (Wildman–Crippen LogP) is 0.892. The lowest BCUT2D eigenvalue weighted by atomic mass is 10.3. The van der Waals surface area contributed by atoms with Gasteiger partial charge in [-0.3, -0.25) is 4.98 Å². The highest BCUT2D eigenvalue weighted by molar-refractivity contribution is 5.88. The Hall–Kier alpha value is -2.28. The van der Waals surface area contributed by atoms with E-state index in [-0.39, 0.29) is 0 Å². The Morgan fingerprint density at radius 2 is 2.21 bits per heavy atom. The summed E-state index contributed by atoms with van der Waals surface area (Å²) in [7, 11) is 0. The summed E-state index contributed by atoms with van der Waals surface area (Å²) in [6.45, 7) is 3.62. The summed E-state index contributed by atoms with van der Waals surface area (Å²) in [6, 6.07) is 0. The maximum atomic E-state index is 11.5. The summed E-state index contributed by atoms with van der Waals surface area (Å²) in [5.41, 5.74) is 0.713. The highest BCUT2D eigenvalue weighted by Crippen LogP contribution is 2.16. The van der Waals surface area contributed by atoms with Gasteiger partial charge in [-0.05, 0) is 13.8 Å². The Bertz CT molecular complexity index is 580. The van der Waals surface area contributed by atoms with E-state index in [1.165, 1.54) is 29.5 Å². The molecule has 0 radical (unpaired) electrons. The van der Waals surface area contributed by atoms with Gasteiger partial charge in [0.15, 0.2) is 5.82 Å². The zero-order valence-electron chi connectivity index (χ0n) is 10.6. The highest BCUT2D eigenvalue weighted by Gasteiger charge is 2.15. The van der Waals surface area contributed by atoms with E-state index in [0.29, 0.717) is 23.7 Å². The molecule has 2 heterocycles. The number of esters is 1. The van der Waals surface area contributed by atoms with E-state index in [4.69, 9.17) is 4.74 Å². The van der Waals surface area contributed by atoms with Crippen molar-refractivity contribution < 1.29 is 14.6 Å². The van der Waals surface area contributed by atoms with Crippen LogP contribution in [0.2, 0.25) is 0 Å². The Morgan fingerprint density at radius 3 is 2.89 bits per heavy atom. The van der Waals surface area contributed by atoms with Crippen LogP contribution in [-0.2, 0) is 4.74 Å². The fourth-order valence-corrected chi connectivity index (χ4v) is 1.57. The quantitative estimate of drug-likeness (QED) is 0.823. The zero-order valence-corrected chi connectivity index (χ0v) is 10.6. The van der Waals surface area contributed by atoms with Crippen molar-refractivity contribution in [3.8, 4) is 5.82 Å². The van der Waals surface area contributed by atoms with Crippen LogP contribution in [0.15, 0.2) is 24.8 Å². The topological polar surface area (TPSA) is 90.1 Å². The third kappa shape index (κ3) is 2.76. The summed E-state index contributed by atoms with van der Waals surface area (Å²) < 4.78 is 6.27.